The molecule has 0 aromatic rings. The number of sulfonamides is 1. The number of amides is 1. The van der Waals surface area contributed by atoms with E-state index in [1.165, 1.54) is 10.6 Å². The Morgan fingerprint density at radius 2 is 1.81 bits per heavy atom. The SMILES string of the molecule is CC1CCN(C(=O)C2CCN(S(C)(=O)=O)CC2)C(CN)C1. The number of hydrogen-bond acceptors (Lipinski definition) is 4. The predicted octanol–water partition coefficient (Wildman–Crippen LogP) is 0.244. The molecule has 0 spiro atoms. The Balaban J connectivity index is 1.95. The van der Waals surface area contributed by atoms with E-state index >= 15 is 0 Å². The highest BCUT2D eigenvalue weighted by Gasteiger charge is 2.35. The van der Waals surface area contributed by atoms with Gasteiger partial charge in [-0.15, -0.1) is 0 Å². The normalized spacial score (nSPS) is 29.6. The van der Waals surface area contributed by atoms with Crippen LogP contribution in [0.25, 0.3) is 0 Å². The summed E-state index contributed by atoms with van der Waals surface area (Å²) in [6.07, 6.45) is 4.48. The molecule has 2 saturated heterocycles. The smallest absolute Gasteiger partial charge is 0.226 e. The van der Waals surface area contributed by atoms with E-state index in [0.29, 0.717) is 38.4 Å². The molecule has 0 saturated carbocycles. The van der Waals surface area contributed by atoms with Crippen LogP contribution in [0, 0.1) is 11.8 Å². The van der Waals surface area contributed by atoms with Crippen LogP contribution < -0.4 is 5.73 Å². The van der Waals surface area contributed by atoms with Crippen molar-refractivity contribution < 1.29 is 13.2 Å². The van der Waals surface area contributed by atoms with E-state index in [2.05, 4.69) is 6.92 Å². The third-order valence-corrected chi connectivity index (χ3v) is 6.11. The molecule has 2 N–H and O–H groups in total. The maximum atomic E-state index is 12.7. The third kappa shape index (κ3) is 3.96. The van der Waals surface area contributed by atoms with E-state index in [0.717, 1.165) is 19.4 Å². The number of carbonyl (C=O) groups excluding carboxylic acids is 1. The molecule has 6 nitrogen and oxygen atoms in total. The van der Waals surface area contributed by atoms with Gasteiger partial charge in [0, 0.05) is 38.1 Å². The van der Waals surface area contributed by atoms with Gasteiger partial charge < -0.3 is 10.6 Å². The van der Waals surface area contributed by atoms with Crippen molar-refractivity contribution in [3.8, 4) is 0 Å². The van der Waals surface area contributed by atoms with Crippen molar-refractivity contribution in [1.82, 2.24) is 9.21 Å². The van der Waals surface area contributed by atoms with Gasteiger partial charge in [-0.05, 0) is 31.6 Å². The number of nitrogens with two attached hydrogens (primary N) is 1. The molecule has 0 aromatic carbocycles. The first-order valence-corrected chi connectivity index (χ1v) is 9.63. The molecule has 2 aliphatic rings. The molecule has 122 valence electrons. The van der Waals surface area contributed by atoms with Gasteiger partial charge in [0.05, 0.1) is 6.26 Å². The molecule has 0 aliphatic carbocycles. The van der Waals surface area contributed by atoms with Crippen LogP contribution in [-0.2, 0) is 14.8 Å². The van der Waals surface area contributed by atoms with Crippen LogP contribution in [0.5, 0.6) is 0 Å². The fraction of sp³-hybridized carbons (Fsp3) is 0.929. The fourth-order valence-corrected chi connectivity index (χ4v) is 4.31. The summed E-state index contributed by atoms with van der Waals surface area (Å²) in [5.41, 5.74) is 5.82. The highest BCUT2D eigenvalue weighted by atomic mass is 32.2. The minimum absolute atomic E-state index is 0.0505. The Labute approximate surface area is 127 Å². The molecular formula is C14H27N3O3S. The fourth-order valence-electron chi connectivity index (χ4n) is 3.43. The summed E-state index contributed by atoms with van der Waals surface area (Å²) in [6, 6.07) is 0.147. The zero-order valence-electron chi connectivity index (χ0n) is 13.0. The van der Waals surface area contributed by atoms with Gasteiger partial charge in [0.15, 0.2) is 0 Å². The quantitative estimate of drug-likeness (QED) is 0.808. The molecule has 1 amide bonds. The molecule has 2 unspecified atom stereocenters. The van der Waals surface area contributed by atoms with Crippen LogP contribution in [0.3, 0.4) is 0 Å². The van der Waals surface area contributed by atoms with Crippen molar-refractivity contribution in [3.05, 3.63) is 0 Å². The third-order valence-electron chi connectivity index (χ3n) is 4.81. The summed E-state index contributed by atoms with van der Waals surface area (Å²) in [6.45, 7) is 4.40. The second-order valence-corrected chi connectivity index (χ2v) is 8.47. The molecule has 2 heterocycles. The van der Waals surface area contributed by atoms with Crippen LogP contribution in [-0.4, -0.2) is 62.0 Å². The van der Waals surface area contributed by atoms with Crippen LogP contribution >= 0.6 is 0 Å². The number of likely N-dealkylation sites (tertiary alicyclic amines) is 1. The van der Waals surface area contributed by atoms with Crippen LogP contribution in [0.2, 0.25) is 0 Å². The van der Waals surface area contributed by atoms with Crippen molar-refractivity contribution in [3.63, 3.8) is 0 Å². The lowest BCUT2D eigenvalue weighted by Crippen LogP contribution is -2.52. The van der Waals surface area contributed by atoms with E-state index in [9.17, 15) is 13.2 Å². The van der Waals surface area contributed by atoms with Crippen molar-refractivity contribution >= 4 is 15.9 Å². The van der Waals surface area contributed by atoms with Gasteiger partial charge in [0.2, 0.25) is 15.9 Å². The lowest BCUT2D eigenvalue weighted by molar-refractivity contribution is -0.141. The standard InChI is InChI=1S/C14H27N3O3S/c1-11-3-8-17(13(9-11)10-15)14(18)12-4-6-16(7-5-12)21(2,19)20/h11-13H,3-10,15H2,1-2H3. The summed E-state index contributed by atoms with van der Waals surface area (Å²) in [5.74, 6) is 0.741. The van der Waals surface area contributed by atoms with Crippen LogP contribution in [0.15, 0.2) is 0 Å². The highest BCUT2D eigenvalue weighted by molar-refractivity contribution is 7.88. The molecule has 2 aliphatic heterocycles. The molecular weight excluding hydrogens is 290 g/mol. The number of piperidine rings is 2. The highest BCUT2D eigenvalue weighted by Crippen LogP contribution is 2.27. The maximum Gasteiger partial charge on any atom is 0.226 e. The Hall–Kier alpha value is -0.660. The molecule has 7 heteroatoms. The topological polar surface area (TPSA) is 83.7 Å². The minimum Gasteiger partial charge on any atom is -0.338 e. The van der Waals surface area contributed by atoms with E-state index in [4.69, 9.17) is 5.73 Å². The van der Waals surface area contributed by atoms with Gasteiger partial charge >= 0.3 is 0 Å². The van der Waals surface area contributed by atoms with E-state index in [1.807, 2.05) is 4.90 Å². The first-order chi connectivity index (χ1) is 9.82. The number of carbonyl (C=O) groups is 1. The average Bonchev–Trinajstić information content (AvgIpc) is 2.45. The number of nitrogens with zero attached hydrogens (tertiary/aromatic N) is 2. The van der Waals surface area contributed by atoms with Gasteiger partial charge in [-0.1, -0.05) is 6.92 Å². The van der Waals surface area contributed by atoms with Gasteiger partial charge in [0.1, 0.15) is 0 Å². The largest absolute Gasteiger partial charge is 0.338 e. The van der Waals surface area contributed by atoms with E-state index < -0.39 is 10.0 Å². The Bertz CT molecular complexity index is 472. The first kappa shape index (κ1) is 16.7. The summed E-state index contributed by atoms with van der Waals surface area (Å²) < 4.78 is 24.5. The van der Waals surface area contributed by atoms with Crippen molar-refractivity contribution in [2.45, 2.75) is 38.6 Å². The molecule has 2 atom stereocenters. The van der Waals surface area contributed by atoms with Gasteiger partial charge in [-0.3, -0.25) is 4.79 Å². The molecule has 2 fully saturated rings. The first-order valence-electron chi connectivity index (χ1n) is 7.78. The molecule has 0 radical (unpaired) electrons. The van der Waals surface area contributed by atoms with E-state index in [-0.39, 0.29) is 17.9 Å². The van der Waals surface area contributed by atoms with E-state index in [1.54, 1.807) is 0 Å². The molecule has 0 bridgehead atoms. The molecule has 0 aromatic heterocycles. The van der Waals surface area contributed by atoms with Crippen molar-refractivity contribution in [2.24, 2.45) is 17.6 Å². The summed E-state index contributed by atoms with van der Waals surface area (Å²) in [7, 11) is -3.13. The van der Waals surface area contributed by atoms with Gasteiger partial charge in [-0.25, -0.2) is 12.7 Å². The Morgan fingerprint density at radius 1 is 1.19 bits per heavy atom. The minimum atomic E-state index is -3.13. The summed E-state index contributed by atoms with van der Waals surface area (Å²) >= 11 is 0. The number of hydrogen-bond donors (Lipinski definition) is 1. The van der Waals surface area contributed by atoms with Crippen LogP contribution in [0.1, 0.15) is 32.6 Å². The Morgan fingerprint density at radius 3 is 2.33 bits per heavy atom. The van der Waals surface area contributed by atoms with Crippen LogP contribution in [0.4, 0.5) is 0 Å². The zero-order valence-corrected chi connectivity index (χ0v) is 13.8. The summed E-state index contributed by atoms with van der Waals surface area (Å²) in [4.78, 5) is 14.6. The lowest BCUT2D eigenvalue weighted by Gasteiger charge is -2.41. The zero-order chi connectivity index (χ0) is 15.6. The van der Waals surface area contributed by atoms with Crippen molar-refractivity contribution in [2.75, 3.05) is 32.4 Å². The van der Waals surface area contributed by atoms with Crippen molar-refractivity contribution in [1.29, 1.82) is 0 Å². The number of rotatable bonds is 3. The summed E-state index contributed by atoms with van der Waals surface area (Å²) in [5, 5.41) is 0. The monoisotopic (exact) mass is 317 g/mol. The Kier molecular flexibility index (Phi) is 5.27. The van der Waals surface area contributed by atoms with Gasteiger partial charge in [0.25, 0.3) is 0 Å². The molecule has 21 heavy (non-hydrogen) atoms. The van der Waals surface area contributed by atoms with Gasteiger partial charge in [-0.2, -0.15) is 0 Å². The molecule has 2 rings (SSSR count). The maximum absolute atomic E-state index is 12.7. The average molecular weight is 317 g/mol. The second-order valence-electron chi connectivity index (χ2n) is 6.49. The lowest BCUT2D eigenvalue weighted by atomic mass is 9.89. The second kappa shape index (κ2) is 6.62. The predicted molar refractivity (Wildman–Crippen MR) is 82.1 cm³/mol.